The average molecular weight is 601 g/mol. The van der Waals surface area contributed by atoms with Crippen molar-refractivity contribution >= 4 is 41.0 Å². The maximum atomic E-state index is 13.6. The van der Waals surface area contributed by atoms with Gasteiger partial charge in [-0.15, -0.1) is 6.42 Å². The molecule has 3 N–H and O–H groups in total. The van der Waals surface area contributed by atoms with Gasteiger partial charge < -0.3 is 19.9 Å². The molecule has 222 valence electrons. The summed E-state index contributed by atoms with van der Waals surface area (Å²) in [6.07, 6.45) is 0.548. The largest absolute Gasteiger partial charge is 0.461 e. The zero-order chi connectivity index (χ0) is 31.4. The van der Waals surface area contributed by atoms with Gasteiger partial charge in [-0.2, -0.15) is 13.2 Å². The van der Waals surface area contributed by atoms with Crippen LogP contribution in [-0.4, -0.2) is 46.3 Å². The second-order valence-corrected chi connectivity index (χ2v) is 10.1. The number of alkyl halides is 3. The Hall–Kier alpha value is -3.89. The van der Waals surface area contributed by atoms with Gasteiger partial charge in [-0.1, -0.05) is 19.8 Å². The van der Waals surface area contributed by atoms with Gasteiger partial charge in [0.2, 0.25) is 0 Å². The van der Waals surface area contributed by atoms with Crippen molar-refractivity contribution in [2.24, 2.45) is 13.0 Å². The van der Waals surface area contributed by atoms with Crippen molar-refractivity contribution in [3.05, 3.63) is 52.1 Å². The van der Waals surface area contributed by atoms with Crippen LogP contribution >= 0.6 is 11.8 Å². The Labute approximate surface area is 239 Å². The molecular weight excluding hydrogens is 572 g/mol. The minimum Gasteiger partial charge on any atom is -0.461 e. The number of amides is 2. The number of aromatic nitrogens is 1. The standard InChI is InChI=1S/C27H29ClF4N4O5/c1-8-26(6,12-41-25(40)20(35-28)13(2)3)34-24(39)22(37)19-14(4)21(36(7)15(19)5)23(38)33-16-9-10-18(29)17(11-16)27(30,31)32/h1,9-11,13,20,35H,12H2,2-7H3,(H,33,38)(H,34,39)/t20-,26-/m0/s1. The van der Waals surface area contributed by atoms with Crippen LogP contribution in [0, 0.1) is 37.9 Å². The number of nitrogens with one attached hydrogen (secondary N) is 3. The summed E-state index contributed by atoms with van der Waals surface area (Å²) in [6, 6.07) is 1.10. The molecule has 0 saturated carbocycles. The van der Waals surface area contributed by atoms with Crippen molar-refractivity contribution in [2.45, 2.75) is 52.4 Å². The molecule has 1 heterocycles. The Balaban J connectivity index is 2.28. The van der Waals surface area contributed by atoms with Crippen molar-refractivity contribution in [1.29, 1.82) is 0 Å². The molecule has 1 aromatic heterocycles. The molecule has 1 aromatic carbocycles. The van der Waals surface area contributed by atoms with E-state index in [2.05, 4.69) is 21.4 Å². The van der Waals surface area contributed by atoms with Gasteiger partial charge in [-0.25, -0.2) is 9.23 Å². The highest BCUT2D eigenvalue weighted by Crippen LogP contribution is 2.33. The molecule has 0 saturated heterocycles. The number of rotatable bonds is 10. The Bertz CT molecular complexity index is 1410. The first-order valence-electron chi connectivity index (χ1n) is 12.1. The molecule has 2 amide bonds. The molecule has 9 nitrogen and oxygen atoms in total. The molecule has 2 aromatic rings. The summed E-state index contributed by atoms with van der Waals surface area (Å²) in [5.74, 6) is -3.31. The lowest BCUT2D eigenvalue weighted by molar-refractivity contribution is -0.148. The fourth-order valence-corrected chi connectivity index (χ4v) is 4.27. The number of Topliss-reactive ketones (excluding diaryl/α,β-unsaturated/α-hetero) is 1. The molecule has 14 heteroatoms. The van der Waals surface area contributed by atoms with E-state index in [9.17, 15) is 36.7 Å². The van der Waals surface area contributed by atoms with Gasteiger partial charge in [0.1, 0.15) is 29.7 Å². The number of terminal acetylenes is 1. The topological polar surface area (TPSA) is 119 Å². The van der Waals surface area contributed by atoms with Crippen molar-refractivity contribution in [3.63, 3.8) is 0 Å². The lowest BCUT2D eigenvalue weighted by Gasteiger charge is -2.26. The van der Waals surface area contributed by atoms with Crippen LogP contribution in [0.4, 0.5) is 23.2 Å². The third-order valence-corrected chi connectivity index (χ3v) is 6.59. The van der Waals surface area contributed by atoms with Crippen LogP contribution in [0.3, 0.4) is 0 Å². The number of carbonyl (C=O) groups excluding carboxylic acids is 4. The minimum absolute atomic E-state index is 0.0580. The van der Waals surface area contributed by atoms with Gasteiger partial charge in [0, 0.05) is 18.4 Å². The number of nitrogens with zero attached hydrogens (tertiary/aromatic N) is 1. The molecule has 2 atom stereocenters. The quantitative estimate of drug-likeness (QED) is 0.0946. The highest BCUT2D eigenvalue weighted by molar-refractivity contribution is 6.44. The first-order valence-corrected chi connectivity index (χ1v) is 12.5. The van der Waals surface area contributed by atoms with Gasteiger partial charge in [-0.3, -0.25) is 19.2 Å². The molecule has 0 unspecified atom stereocenters. The minimum atomic E-state index is -4.99. The van der Waals surface area contributed by atoms with E-state index in [1.807, 2.05) is 0 Å². The fraction of sp³-hybridized carbons (Fsp3) is 0.407. The highest BCUT2D eigenvalue weighted by Gasteiger charge is 2.36. The van der Waals surface area contributed by atoms with Crippen molar-refractivity contribution in [2.75, 3.05) is 11.9 Å². The Morgan fingerprint density at radius 1 is 1.17 bits per heavy atom. The molecule has 0 spiro atoms. The smallest absolute Gasteiger partial charge is 0.419 e. The molecule has 0 aliphatic rings. The summed E-state index contributed by atoms with van der Waals surface area (Å²) >= 11 is 5.58. The van der Waals surface area contributed by atoms with Crippen molar-refractivity contribution < 1.29 is 41.5 Å². The predicted molar refractivity (Wildman–Crippen MR) is 143 cm³/mol. The maximum Gasteiger partial charge on any atom is 0.419 e. The summed E-state index contributed by atoms with van der Waals surface area (Å²) in [6.45, 7) is 7.15. The fourth-order valence-electron chi connectivity index (χ4n) is 3.93. The molecule has 0 aliphatic heterocycles. The Morgan fingerprint density at radius 2 is 1.78 bits per heavy atom. The Kier molecular flexibility index (Phi) is 10.4. The second-order valence-electron chi connectivity index (χ2n) is 9.84. The monoisotopic (exact) mass is 600 g/mol. The van der Waals surface area contributed by atoms with E-state index in [-0.39, 0.29) is 34.1 Å². The molecular formula is C27H29ClF4N4O5. The number of ether oxygens (including phenoxy) is 1. The van der Waals surface area contributed by atoms with E-state index in [0.717, 1.165) is 6.07 Å². The third-order valence-electron chi connectivity index (χ3n) is 6.36. The van der Waals surface area contributed by atoms with Crippen molar-refractivity contribution in [1.82, 2.24) is 14.7 Å². The van der Waals surface area contributed by atoms with Crippen LogP contribution in [0.5, 0.6) is 0 Å². The summed E-state index contributed by atoms with van der Waals surface area (Å²) in [5.41, 5.74) is -3.51. The van der Waals surface area contributed by atoms with E-state index in [1.165, 1.54) is 32.4 Å². The SMILES string of the molecule is C#C[C@@](C)(COC(=O)[C@@H](NCl)C(C)C)NC(=O)C(=O)c1c(C)c(C(=O)Nc2ccc(F)c(C(F)(F)F)c2)n(C)c1C. The zero-order valence-corrected chi connectivity index (χ0v) is 23.8. The van der Waals surface area contributed by atoms with Gasteiger partial charge in [0.05, 0.1) is 11.1 Å². The predicted octanol–water partition coefficient (Wildman–Crippen LogP) is 4.05. The van der Waals surface area contributed by atoms with Gasteiger partial charge in [-0.05, 0) is 62.2 Å². The number of benzene rings is 1. The third kappa shape index (κ3) is 7.45. The number of carbonyl (C=O) groups is 4. The molecule has 2 rings (SSSR count). The number of halogens is 5. The van der Waals surface area contributed by atoms with Gasteiger partial charge in [0.25, 0.3) is 17.6 Å². The molecule has 41 heavy (non-hydrogen) atoms. The number of esters is 1. The average Bonchev–Trinajstić information content (AvgIpc) is 3.10. The lowest BCUT2D eigenvalue weighted by atomic mass is 10.0. The molecule has 0 bridgehead atoms. The lowest BCUT2D eigenvalue weighted by Crippen LogP contribution is -2.52. The summed E-state index contributed by atoms with van der Waals surface area (Å²) in [5, 5.41) is 4.61. The van der Waals surface area contributed by atoms with E-state index < -0.39 is 59.3 Å². The van der Waals surface area contributed by atoms with Crippen LogP contribution in [-0.2, 0) is 27.5 Å². The van der Waals surface area contributed by atoms with Crippen molar-refractivity contribution in [3.8, 4) is 12.3 Å². The van der Waals surface area contributed by atoms with Gasteiger partial charge >= 0.3 is 12.1 Å². The van der Waals surface area contributed by atoms with E-state index >= 15 is 0 Å². The zero-order valence-electron chi connectivity index (χ0n) is 23.0. The van der Waals surface area contributed by atoms with Crippen LogP contribution < -0.4 is 15.5 Å². The summed E-state index contributed by atoms with van der Waals surface area (Å²) in [7, 11) is 1.42. The normalized spacial score (nSPS) is 13.6. The molecule has 0 aliphatic carbocycles. The second kappa shape index (κ2) is 12.7. The van der Waals surface area contributed by atoms with E-state index in [1.54, 1.807) is 13.8 Å². The molecule has 0 fully saturated rings. The van der Waals surface area contributed by atoms with Crippen LogP contribution in [0.15, 0.2) is 18.2 Å². The number of ketones is 1. The van der Waals surface area contributed by atoms with Crippen LogP contribution in [0.2, 0.25) is 0 Å². The number of hydrogen-bond acceptors (Lipinski definition) is 6. The number of hydrogen-bond donors (Lipinski definition) is 3. The van der Waals surface area contributed by atoms with Crippen LogP contribution in [0.25, 0.3) is 0 Å². The molecule has 0 radical (unpaired) electrons. The Morgan fingerprint density at radius 3 is 2.29 bits per heavy atom. The number of anilines is 1. The summed E-state index contributed by atoms with van der Waals surface area (Å²) < 4.78 is 59.3. The summed E-state index contributed by atoms with van der Waals surface area (Å²) in [4.78, 5) is 53.7. The van der Waals surface area contributed by atoms with E-state index in [4.69, 9.17) is 22.9 Å². The van der Waals surface area contributed by atoms with Crippen LogP contribution in [0.1, 0.15) is 58.4 Å². The first-order chi connectivity index (χ1) is 18.9. The highest BCUT2D eigenvalue weighted by atomic mass is 35.5. The van der Waals surface area contributed by atoms with Gasteiger partial charge in [0.15, 0.2) is 0 Å². The van der Waals surface area contributed by atoms with E-state index in [0.29, 0.717) is 12.1 Å². The maximum absolute atomic E-state index is 13.6. The first kappa shape index (κ1) is 33.3.